The van der Waals surface area contributed by atoms with E-state index in [1.807, 2.05) is 6.92 Å². The maximum absolute atomic E-state index is 12.6. The molecule has 23 N–H and O–H groups in total. The molecule has 0 unspecified atom stereocenters. The fourth-order valence-corrected chi connectivity index (χ4v) is 15.3. The summed E-state index contributed by atoms with van der Waals surface area (Å²) in [4.78, 5) is 0. The normalized spacial score (nSPS) is 50.0. The van der Waals surface area contributed by atoms with Gasteiger partial charge in [-0.05, 0) is 12.2 Å². The summed E-state index contributed by atoms with van der Waals surface area (Å²) in [5, 5.41) is 257. The van der Waals surface area contributed by atoms with E-state index in [0.29, 0.717) is 12.2 Å². The number of thioether (sulfide) groups is 2. The predicted octanol–water partition coefficient (Wildman–Crippen LogP) is -13.3. The van der Waals surface area contributed by atoms with Gasteiger partial charge in [-0.3, -0.25) is 0 Å². The van der Waals surface area contributed by atoms with Gasteiger partial charge in [0.25, 0.3) is 0 Å². The molecule has 0 aromatic carbocycles. The summed E-state index contributed by atoms with van der Waals surface area (Å²) >= 11 is 2.31. The lowest BCUT2D eigenvalue weighted by Crippen LogP contribution is -2.68. The number of ether oxygens (including phenoxy) is 17. The Labute approximate surface area is 580 Å². The van der Waals surface area contributed by atoms with Crippen LogP contribution in [-0.2, 0) is 80.5 Å². The van der Waals surface area contributed by atoms with Crippen molar-refractivity contribution >= 4 is 23.5 Å². The van der Waals surface area contributed by atoms with E-state index >= 15 is 0 Å². The average molecular weight is 1500 g/mol. The van der Waals surface area contributed by atoms with Crippen molar-refractivity contribution in [3.63, 3.8) is 0 Å². The molecule has 22 aliphatic rings. The minimum atomic E-state index is -2.23. The van der Waals surface area contributed by atoms with Crippen molar-refractivity contribution in [1.29, 1.82) is 0 Å². The van der Waals surface area contributed by atoms with Crippen LogP contribution >= 0.6 is 23.5 Å². The molecule has 0 spiro atoms. The SMILES string of the molecule is CCCCCCSC[C@H]1O[C@@H]2O[C@H]3[C@H](O)[C@@H](O)[C@@H](O[C@H]4[C@H](O)[C@@H](O)[C@@H](O[C@H]5[C@H](O)[C@@H](O)[C@@H](O[C@H]6[C@H](O)[C@@H](O)[C@@H](O[C@H]7[C@H](O)[C@@H](O)[C@@H](O[C@H]8[C@H](O)[C@@H](O)[C@@H](O[C@H]1[C@H](O)[C@H]2OCCOCCS[C@@H]1O[C@H](CO)[C@@H](O)[C@H](O)[C@H]1O)O[C@@H]8CO)O[C@@H]7CO)O[C@@H]6CO)O[C@@H]5CO)O[C@@H]4CO)O[C@@H]3CO. The summed E-state index contributed by atoms with van der Waals surface area (Å²) in [5.74, 6) is 0.583. The Morgan fingerprint density at radius 3 is 0.920 bits per heavy atom. The third kappa shape index (κ3) is 18.7. The zero-order valence-electron chi connectivity index (χ0n) is 54.2. The topological polar surface area (TPSA) is 622 Å². The van der Waals surface area contributed by atoms with Gasteiger partial charge in [0.05, 0.1) is 72.2 Å². The van der Waals surface area contributed by atoms with Crippen LogP contribution in [0, 0.1) is 0 Å². The van der Waals surface area contributed by atoms with Gasteiger partial charge >= 0.3 is 0 Å². The van der Waals surface area contributed by atoms with Crippen LogP contribution < -0.4 is 0 Å². The van der Waals surface area contributed by atoms with Crippen molar-refractivity contribution in [3.8, 4) is 0 Å². The molecular weight excluding hydrogens is 1400 g/mol. The summed E-state index contributed by atoms with van der Waals surface area (Å²) in [5.41, 5.74) is -1.09. The van der Waals surface area contributed by atoms with Crippen molar-refractivity contribution in [2.75, 3.05) is 83.3 Å². The highest BCUT2D eigenvalue weighted by atomic mass is 32.2. The maximum Gasteiger partial charge on any atom is 0.187 e. The van der Waals surface area contributed by atoms with E-state index in [1.54, 1.807) is 0 Å². The third-order valence-electron chi connectivity index (χ3n) is 18.9. The molecule has 22 fully saturated rings. The van der Waals surface area contributed by atoms with Crippen LogP contribution in [0.2, 0.25) is 0 Å². The first-order valence-corrected chi connectivity index (χ1v) is 35.5. The molecule has 40 nitrogen and oxygen atoms in total. The quantitative estimate of drug-likeness (QED) is 0.0448. The minimum Gasteiger partial charge on any atom is -0.394 e. The molecule has 22 heterocycles. The van der Waals surface area contributed by atoms with Gasteiger partial charge in [-0.25, -0.2) is 0 Å². The zero-order chi connectivity index (χ0) is 72.5. The monoisotopic (exact) mass is 1500 g/mol. The molecule has 0 aromatic rings. The number of aliphatic hydroxyl groups excluding tert-OH is 23. The fraction of sp³-hybridized carbons (Fsp3) is 1.00. The van der Waals surface area contributed by atoms with E-state index < -0.39 is 298 Å². The highest BCUT2D eigenvalue weighted by Crippen LogP contribution is 2.40. The van der Waals surface area contributed by atoms with E-state index in [-0.39, 0.29) is 24.7 Å². The molecule has 100 heavy (non-hydrogen) atoms. The smallest absolute Gasteiger partial charge is 0.187 e. The van der Waals surface area contributed by atoms with Gasteiger partial charge in [-0.15, -0.1) is 11.8 Å². The molecule has 0 saturated carbocycles. The van der Waals surface area contributed by atoms with Gasteiger partial charge in [-0.2, -0.15) is 11.8 Å². The highest BCUT2D eigenvalue weighted by molar-refractivity contribution is 7.99. The van der Waals surface area contributed by atoms with Crippen molar-refractivity contribution < 1.29 is 198 Å². The maximum atomic E-state index is 12.6. The molecule has 0 amide bonds. The Bertz CT molecular complexity index is 2370. The lowest BCUT2D eigenvalue weighted by atomic mass is 9.95. The van der Waals surface area contributed by atoms with E-state index in [9.17, 15) is 117 Å². The van der Waals surface area contributed by atoms with E-state index in [1.165, 1.54) is 11.8 Å². The minimum absolute atomic E-state index is 0.0454. The summed E-state index contributed by atoms with van der Waals surface area (Å²) in [6.45, 7) is -5.69. The molecule has 14 bridgehead atoms. The second-order valence-corrected chi connectivity index (χ2v) is 28.0. The third-order valence-corrected chi connectivity index (χ3v) is 21.2. The predicted molar refractivity (Wildman–Crippen MR) is 324 cm³/mol. The van der Waals surface area contributed by atoms with Crippen molar-refractivity contribution in [1.82, 2.24) is 0 Å². The summed E-state index contributed by atoms with van der Waals surface area (Å²) in [6, 6.07) is 0. The fourth-order valence-electron chi connectivity index (χ4n) is 13.2. The largest absolute Gasteiger partial charge is 0.394 e. The van der Waals surface area contributed by atoms with Crippen LogP contribution in [0.5, 0.6) is 0 Å². The Morgan fingerprint density at radius 2 is 0.590 bits per heavy atom. The molecule has 0 aromatic heterocycles. The molecule has 42 heteroatoms. The van der Waals surface area contributed by atoms with Gasteiger partial charge in [0.2, 0.25) is 0 Å². The van der Waals surface area contributed by atoms with E-state index in [2.05, 4.69) is 0 Å². The molecule has 0 aliphatic carbocycles. The van der Waals surface area contributed by atoms with Gasteiger partial charge in [0, 0.05) is 11.5 Å². The lowest BCUT2D eigenvalue weighted by molar-refractivity contribution is -0.396. The van der Waals surface area contributed by atoms with Crippen LogP contribution in [-0.4, -0.2) is 446 Å². The first-order valence-electron chi connectivity index (χ1n) is 33.3. The Kier molecular flexibility index (Phi) is 32.0. The molecule has 0 radical (unpaired) electrons. The zero-order valence-corrected chi connectivity index (χ0v) is 55.8. The Hall–Kier alpha value is -0.900. The molecule has 22 saturated heterocycles. The van der Waals surface area contributed by atoms with Crippen LogP contribution in [0.25, 0.3) is 0 Å². The second-order valence-electron chi connectivity index (χ2n) is 25.6. The van der Waals surface area contributed by atoms with E-state index in [4.69, 9.17) is 80.5 Å². The van der Waals surface area contributed by atoms with Crippen LogP contribution in [0.15, 0.2) is 0 Å². The van der Waals surface area contributed by atoms with Crippen LogP contribution in [0.3, 0.4) is 0 Å². The van der Waals surface area contributed by atoms with Gasteiger partial charge in [-0.1, -0.05) is 26.2 Å². The van der Waals surface area contributed by atoms with Crippen LogP contribution in [0.1, 0.15) is 32.6 Å². The van der Waals surface area contributed by atoms with Crippen molar-refractivity contribution in [2.45, 2.75) is 277 Å². The highest BCUT2D eigenvalue weighted by Gasteiger charge is 2.60. The lowest BCUT2D eigenvalue weighted by Gasteiger charge is -2.50. The van der Waals surface area contributed by atoms with Gasteiger partial charge in [0.15, 0.2) is 44.0 Å². The van der Waals surface area contributed by atoms with Gasteiger partial charge in [0.1, 0.15) is 195 Å². The second kappa shape index (κ2) is 38.4. The number of unbranched alkanes of at least 4 members (excludes halogenated alkanes) is 3. The molecule has 22 rings (SSSR count). The molecular formula is C58H100O40S2. The average Bonchev–Trinajstić information content (AvgIpc) is 0.778. The summed E-state index contributed by atoms with van der Waals surface area (Å²) in [7, 11) is 0. The number of hydrogen-bond acceptors (Lipinski definition) is 42. The number of rotatable bonds is 22. The first-order chi connectivity index (χ1) is 47.9. The number of aliphatic hydroxyl groups is 23. The van der Waals surface area contributed by atoms with E-state index in [0.717, 1.165) is 31.0 Å². The number of hydrogen-bond donors (Lipinski definition) is 23. The molecule has 40 atom stereocenters. The Morgan fingerprint density at radius 1 is 0.270 bits per heavy atom. The standard InChI is InChI=1S/C58H100O40S2/c1-2-3-4-5-9-99-18-26-49-42(81)50(83-7-6-82-8-10-100-58-41(80)28(67)27(66)19(11-59)91-58)57(90-26)98-48-25(17-65)89-55(40(79)34(48)73)96-46-23(15-63)87-53(38(77)32(46)71)94-44-21(13-61)85-51(36(75)30(44)69)92-43-20(12-60)84-52(35(74)29(43)68)93-45-22(14-62)86-54(37(76)31(45)70)95-47-24(16-64)88-56(97-49)39(78)33(47)72/h19-81H,2-18H2,1H3/t19-,20-,21-,22-,23-,24-,25-,26-,27-,28+,29-,30-,31-,32-,33-,34-,35-,36-,37-,38-,39-,40-,41-,42+,43-,44-,45-,46-,47-,48-,49-,50-,51-,52-,53-,54-,55-,56-,57-,58+/m1/s1. The summed E-state index contributed by atoms with van der Waals surface area (Å²) < 4.78 is 101. The van der Waals surface area contributed by atoms with Gasteiger partial charge < -0.3 is 198 Å². The van der Waals surface area contributed by atoms with Crippen molar-refractivity contribution in [2.24, 2.45) is 0 Å². The summed E-state index contributed by atoms with van der Waals surface area (Å²) in [6.07, 6.45) is -71.7. The Balaban J connectivity index is 1.01. The van der Waals surface area contributed by atoms with Crippen molar-refractivity contribution in [3.05, 3.63) is 0 Å². The first kappa shape index (κ1) is 83.1. The molecule has 584 valence electrons. The van der Waals surface area contributed by atoms with Crippen LogP contribution in [0.4, 0.5) is 0 Å². The molecule has 22 aliphatic heterocycles.